The van der Waals surface area contributed by atoms with E-state index >= 15 is 0 Å². The van der Waals surface area contributed by atoms with E-state index in [2.05, 4.69) is 35.1 Å². The molecule has 0 radical (unpaired) electrons. The molecule has 2 aromatic heterocycles. The van der Waals surface area contributed by atoms with Crippen molar-refractivity contribution in [3.63, 3.8) is 0 Å². The van der Waals surface area contributed by atoms with Gasteiger partial charge in [0.05, 0.1) is 18.0 Å². The third-order valence-corrected chi connectivity index (χ3v) is 4.41. The van der Waals surface area contributed by atoms with Crippen molar-refractivity contribution < 1.29 is 4.74 Å². The highest BCUT2D eigenvalue weighted by molar-refractivity contribution is 7.98. The molecule has 0 spiro atoms. The van der Waals surface area contributed by atoms with Crippen LogP contribution in [0.1, 0.15) is 67.7 Å². The van der Waals surface area contributed by atoms with E-state index in [1.807, 2.05) is 46.8 Å². The minimum absolute atomic E-state index is 0.186. The molecule has 2 rings (SSSR count). The van der Waals surface area contributed by atoms with Crippen LogP contribution in [0.5, 0.6) is 6.01 Å². The molecule has 0 aromatic carbocycles. The number of ether oxygens (including phenoxy) is 1. The summed E-state index contributed by atoms with van der Waals surface area (Å²) in [5.74, 6) is 0.990. The molecule has 0 fully saturated rings. The molecular formula is C25H40N4O2S. The molecule has 6 nitrogen and oxygen atoms in total. The summed E-state index contributed by atoms with van der Waals surface area (Å²) >= 11 is 1.76. The Hall–Kier alpha value is -2.41. The fraction of sp³-hybridized carbons (Fsp3) is 0.520. The van der Waals surface area contributed by atoms with Crippen LogP contribution >= 0.6 is 11.8 Å². The minimum atomic E-state index is -0.186. The van der Waals surface area contributed by atoms with Gasteiger partial charge in [-0.15, -0.1) is 0 Å². The van der Waals surface area contributed by atoms with Crippen LogP contribution in [0.4, 0.5) is 0 Å². The van der Waals surface area contributed by atoms with Crippen molar-refractivity contribution in [1.82, 2.24) is 19.5 Å². The summed E-state index contributed by atoms with van der Waals surface area (Å²) in [4.78, 5) is 25.6. The smallest absolute Gasteiger partial charge is 0.304 e. The quantitative estimate of drug-likeness (QED) is 0.314. The molecule has 2 aromatic rings. The van der Waals surface area contributed by atoms with Crippen LogP contribution < -0.4 is 10.3 Å². The summed E-state index contributed by atoms with van der Waals surface area (Å²) in [6.07, 6.45) is 11.9. The molecule has 0 aliphatic carbocycles. The van der Waals surface area contributed by atoms with Crippen LogP contribution in [0, 0.1) is 0 Å². The van der Waals surface area contributed by atoms with Crippen molar-refractivity contribution in [3.05, 3.63) is 52.7 Å². The number of thioether (sulfide) groups is 1. The van der Waals surface area contributed by atoms with Crippen molar-refractivity contribution >= 4 is 17.5 Å². The van der Waals surface area contributed by atoms with E-state index in [0.29, 0.717) is 30.4 Å². The third kappa shape index (κ3) is 10.8. The van der Waals surface area contributed by atoms with Crippen molar-refractivity contribution in [3.8, 4) is 17.4 Å². The van der Waals surface area contributed by atoms with Gasteiger partial charge in [0.25, 0.3) is 5.56 Å². The minimum Gasteiger partial charge on any atom is -0.464 e. The van der Waals surface area contributed by atoms with E-state index in [9.17, 15) is 4.79 Å². The monoisotopic (exact) mass is 460 g/mol. The normalized spacial score (nSPS) is 10.3. The average Bonchev–Trinajstić information content (AvgIpc) is 2.80. The van der Waals surface area contributed by atoms with Gasteiger partial charge in [-0.3, -0.25) is 4.79 Å². The number of aromatic nitrogens is 4. The molecule has 2 heterocycles. The maximum Gasteiger partial charge on any atom is 0.304 e. The first-order valence-corrected chi connectivity index (χ1v) is 12.7. The van der Waals surface area contributed by atoms with E-state index in [4.69, 9.17) is 4.74 Å². The predicted molar refractivity (Wildman–Crippen MR) is 139 cm³/mol. The first-order valence-electron chi connectivity index (χ1n) is 11.3. The lowest BCUT2D eigenvalue weighted by molar-refractivity contribution is 0.285. The van der Waals surface area contributed by atoms with Crippen molar-refractivity contribution in [2.24, 2.45) is 0 Å². The zero-order valence-electron chi connectivity index (χ0n) is 21.0. The van der Waals surface area contributed by atoms with Crippen LogP contribution in [0.2, 0.25) is 0 Å². The van der Waals surface area contributed by atoms with Gasteiger partial charge >= 0.3 is 6.01 Å². The van der Waals surface area contributed by atoms with E-state index < -0.39 is 0 Å². The summed E-state index contributed by atoms with van der Waals surface area (Å²) in [5, 5.41) is 0. The molecule has 0 aliphatic heterocycles. The van der Waals surface area contributed by atoms with Crippen LogP contribution in [-0.2, 0) is 0 Å². The number of nitrogens with zero attached hydrogens (tertiary/aromatic N) is 4. The lowest BCUT2D eigenvalue weighted by atomic mass is 10.2. The first kappa shape index (κ1) is 29.6. The van der Waals surface area contributed by atoms with Crippen molar-refractivity contribution in [1.29, 1.82) is 0 Å². The number of rotatable bonds is 9. The van der Waals surface area contributed by atoms with E-state index in [-0.39, 0.29) is 5.56 Å². The standard InChI is InChI=1S/C20H26N4O2S.C3H8.C2H6/c1-5-16(8-7-15(2)3)24-19(25)13-18(17-9-10-21-14-22-17)23-20(24)26-11-6-12-27-4;1-3-2;1-2/h7-10,13-14H,5-6,11-12H2,1-4H3;3H2,1-2H3;1-2H3/b16-8+;;. The second-order valence-corrected chi connectivity index (χ2v) is 7.84. The summed E-state index contributed by atoms with van der Waals surface area (Å²) in [6, 6.07) is 3.51. The Morgan fingerprint density at radius 3 is 2.38 bits per heavy atom. The fourth-order valence-electron chi connectivity index (χ4n) is 2.38. The zero-order chi connectivity index (χ0) is 24.4. The average molecular weight is 461 g/mol. The van der Waals surface area contributed by atoms with Crippen LogP contribution in [0.3, 0.4) is 0 Å². The van der Waals surface area contributed by atoms with Gasteiger partial charge in [-0.05, 0) is 50.8 Å². The summed E-state index contributed by atoms with van der Waals surface area (Å²) in [7, 11) is 0. The molecule has 0 unspecified atom stereocenters. The van der Waals surface area contributed by atoms with E-state index in [1.165, 1.54) is 18.8 Å². The van der Waals surface area contributed by atoms with Gasteiger partial charge in [0.2, 0.25) is 0 Å². The third-order valence-electron chi connectivity index (χ3n) is 3.71. The Morgan fingerprint density at radius 1 is 1.16 bits per heavy atom. The SMILES string of the molecule is CC.CC/C(=C\C=C(C)C)n1c(OCCCSC)nc(-c2ccncn2)cc1=O.CCC. The molecule has 0 aliphatic rings. The van der Waals surface area contributed by atoms with Gasteiger partial charge in [0.15, 0.2) is 0 Å². The molecule has 178 valence electrons. The molecule has 0 bridgehead atoms. The van der Waals surface area contributed by atoms with E-state index in [1.54, 1.807) is 28.6 Å². The summed E-state index contributed by atoms with van der Waals surface area (Å²) in [5.41, 5.74) is 2.88. The second kappa shape index (κ2) is 18.2. The molecular weight excluding hydrogens is 420 g/mol. The highest BCUT2D eigenvalue weighted by Crippen LogP contribution is 2.20. The van der Waals surface area contributed by atoms with Crippen molar-refractivity contribution in [2.75, 3.05) is 18.6 Å². The van der Waals surface area contributed by atoms with Crippen LogP contribution in [0.15, 0.2) is 47.2 Å². The maximum atomic E-state index is 12.9. The predicted octanol–water partition coefficient (Wildman–Crippen LogP) is 6.49. The Labute approximate surface area is 198 Å². The van der Waals surface area contributed by atoms with Crippen molar-refractivity contribution in [2.45, 2.75) is 67.7 Å². The Bertz CT molecular complexity index is 873. The number of hydrogen-bond acceptors (Lipinski definition) is 6. The second-order valence-electron chi connectivity index (χ2n) is 6.85. The van der Waals surface area contributed by atoms with E-state index in [0.717, 1.165) is 23.4 Å². The van der Waals surface area contributed by atoms with Gasteiger partial charge in [0, 0.05) is 18.0 Å². The van der Waals surface area contributed by atoms with Gasteiger partial charge in [0.1, 0.15) is 6.33 Å². The molecule has 32 heavy (non-hydrogen) atoms. The highest BCUT2D eigenvalue weighted by Gasteiger charge is 2.14. The van der Waals surface area contributed by atoms with Gasteiger partial charge in [-0.1, -0.05) is 52.7 Å². The Kier molecular flexibility index (Phi) is 16.8. The molecule has 0 saturated heterocycles. The molecule has 0 atom stereocenters. The molecule has 7 heteroatoms. The van der Waals surface area contributed by atoms with Gasteiger partial charge in [-0.25, -0.2) is 14.5 Å². The first-order chi connectivity index (χ1) is 15.5. The Balaban J connectivity index is 0.00000177. The number of hydrogen-bond donors (Lipinski definition) is 0. The summed E-state index contributed by atoms with van der Waals surface area (Å²) < 4.78 is 7.45. The van der Waals surface area contributed by atoms with Gasteiger partial charge < -0.3 is 4.74 Å². The lowest BCUT2D eigenvalue weighted by Gasteiger charge is -2.15. The largest absolute Gasteiger partial charge is 0.464 e. The molecule has 0 amide bonds. The van der Waals surface area contributed by atoms with Crippen LogP contribution in [-0.4, -0.2) is 38.1 Å². The maximum absolute atomic E-state index is 12.9. The summed E-state index contributed by atoms with van der Waals surface area (Å²) in [6.45, 7) is 14.8. The van der Waals surface area contributed by atoms with Gasteiger partial charge in [-0.2, -0.15) is 16.7 Å². The topological polar surface area (TPSA) is 69.9 Å². The molecule has 0 N–H and O–H groups in total. The van der Waals surface area contributed by atoms with Crippen LogP contribution in [0.25, 0.3) is 17.1 Å². The lowest BCUT2D eigenvalue weighted by Crippen LogP contribution is -2.23. The highest BCUT2D eigenvalue weighted by atomic mass is 32.2. The fourth-order valence-corrected chi connectivity index (χ4v) is 2.78. The Morgan fingerprint density at radius 2 is 1.84 bits per heavy atom. The number of allylic oxidation sites excluding steroid dienone is 4. The zero-order valence-corrected chi connectivity index (χ0v) is 21.8. The molecule has 0 saturated carbocycles.